The number of halogens is 3. The van der Waals surface area contributed by atoms with E-state index in [-0.39, 0.29) is 18.8 Å². The summed E-state index contributed by atoms with van der Waals surface area (Å²) < 4.78 is 44.1. The zero-order valence-electron chi connectivity index (χ0n) is 21.3. The summed E-state index contributed by atoms with van der Waals surface area (Å²) in [5.41, 5.74) is 4.15. The van der Waals surface area contributed by atoms with Gasteiger partial charge in [-0.05, 0) is 61.2 Å². The second-order valence-corrected chi connectivity index (χ2v) is 8.63. The summed E-state index contributed by atoms with van der Waals surface area (Å²) in [6.07, 6.45) is 0.135. The topological polar surface area (TPSA) is 108 Å². The third-order valence-corrected chi connectivity index (χ3v) is 5.91. The van der Waals surface area contributed by atoms with Gasteiger partial charge in [-0.2, -0.15) is 13.2 Å². The summed E-state index contributed by atoms with van der Waals surface area (Å²) in [6, 6.07) is 9.49. The Morgan fingerprint density at radius 2 is 1.89 bits per heavy atom. The number of hydrogen-bond acceptors (Lipinski definition) is 7. The smallest absolute Gasteiger partial charge is 0.394 e. The van der Waals surface area contributed by atoms with Crippen molar-refractivity contribution >= 4 is 17.3 Å². The molecule has 0 unspecified atom stereocenters. The number of fused-ring (bicyclic) bond motifs is 1. The van der Waals surface area contributed by atoms with Crippen LogP contribution in [0.1, 0.15) is 33.7 Å². The lowest BCUT2D eigenvalue weighted by molar-refractivity contribution is -0.141. The van der Waals surface area contributed by atoms with Crippen molar-refractivity contribution in [3.63, 3.8) is 0 Å². The van der Waals surface area contributed by atoms with Crippen molar-refractivity contribution < 1.29 is 32.9 Å². The Hall–Kier alpha value is -3.54. The van der Waals surface area contributed by atoms with E-state index in [2.05, 4.69) is 26.3 Å². The maximum atomic E-state index is 12.9. The van der Waals surface area contributed by atoms with E-state index in [1.165, 1.54) is 6.07 Å². The molecule has 11 heteroatoms. The molecule has 2 aromatic heterocycles. The second-order valence-electron chi connectivity index (χ2n) is 8.63. The van der Waals surface area contributed by atoms with Crippen molar-refractivity contribution in [2.24, 2.45) is 0 Å². The fourth-order valence-corrected chi connectivity index (χ4v) is 4.03. The molecule has 0 atom stereocenters. The fraction of sp³-hybridized carbons (Fsp3) is 0.370. The van der Waals surface area contributed by atoms with Crippen LogP contribution in [-0.4, -0.2) is 66.1 Å². The van der Waals surface area contributed by atoms with Gasteiger partial charge in [0.1, 0.15) is 5.69 Å². The number of benzene rings is 1. The van der Waals surface area contributed by atoms with Gasteiger partial charge in [-0.1, -0.05) is 6.07 Å². The van der Waals surface area contributed by atoms with Gasteiger partial charge in [-0.25, -0.2) is 0 Å². The van der Waals surface area contributed by atoms with Gasteiger partial charge in [0, 0.05) is 49.4 Å². The number of nitrogens with zero attached hydrogens (tertiary/aromatic N) is 3. The Morgan fingerprint density at radius 1 is 1.13 bits per heavy atom. The summed E-state index contributed by atoms with van der Waals surface area (Å²) >= 11 is 0. The zero-order valence-corrected chi connectivity index (χ0v) is 21.3. The van der Waals surface area contributed by atoms with Crippen LogP contribution in [0.2, 0.25) is 0 Å². The van der Waals surface area contributed by atoms with Gasteiger partial charge >= 0.3 is 6.18 Å². The van der Waals surface area contributed by atoms with Crippen LogP contribution in [0, 0.1) is 6.92 Å². The number of pyridine rings is 2. The third-order valence-electron chi connectivity index (χ3n) is 5.91. The highest BCUT2D eigenvalue weighted by Gasteiger charge is 2.33. The molecule has 38 heavy (non-hydrogen) atoms. The molecule has 0 bridgehead atoms. The van der Waals surface area contributed by atoms with Crippen molar-refractivity contribution in [3.05, 3.63) is 71.3 Å². The number of aryl methyl sites for hydroxylation is 2. The van der Waals surface area contributed by atoms with Crippen LogP contribution in [0.25, 0.3) is 11.1 Å². The lowest BCUT2D eigenvalue weighted by Gasteiger charge is -2.31. The van der Waals surface area contributed by atoms with Crippen molar-refractivity contribution in [1.29, 1.82) is 0 Å². The lowest BCUT2D eigenvalue weighted by Crippen LogP contribution is -2.32. The van der Waals surface area contributed by atoms with Crippen LogP contribution in [-0.2, 0) is 17.3 Å². The summed E-state index contributed by atoms with van der Waals surface area (Å²) in [7, 11) is 1.68. The summed E-state index contributed by atoms with van der Waals surface area (Å²) in [4.78, 5) is 22.9. The van der Waals surface area contributed by atoms with Gasteiger partial charge < -0.3 is 25.2 Å². The molecule has 204 valence electrons. The molecule has 1 amide bonds. The maximum absolute atomic E-state index is 12.9. The van der Waals surface area contributed by atoms with Gasteiger partial charge in [0.2, 0.25) is 0 Å². The summed E-state index contributed by atoms with van der Waals surface area (Å²) in [5.74, 6) is -0.642. The van der Waals surface area contributed by atoms with Crippen LogP contribution in [0.15, 0.2) is 48.8 Å². The molecule has 8 nitrogen and oxygen atoms in total. The first kappa shape index (κ1) is 29.0. The number of ether oxygens (including phenoxy) is 1. The molecule has 1 aliphatic heterocycles. The highest BCUT2D eigenvalue weighted by Crippen LogP contribution is 2.33. The average Bonchev–Trinajstić information content (AvgIpc) is 2.92. The quantitative estimate of drug-likeness (QED) is 0.421. The van der Waals surface area contributed by atoms with E-state index in [9.17, 15) is 18.0 Å². The van der Waals surface area contributed by atoms with Gasteiger partial charge in [0.05, 0.1) is 31.2 Å². The molecule has 3 aromatic rings. The first-order chi connectivity index (χ1) is 18.2. The predicted octanol–water partition coefficient (Wildman–Crippen LogP) is 4.09. The van der Waals surface area contributed by atoms with E-state index < -0.39 is 17.8 Å². The minimum Gasteiger partial charge on any atom is -0.394 e. The molecule has 0 saturated heterocycles. The predicted molar refractivity (Wildman–Crippen MR) is 138 cm³/mol. The highest BCUT2D eigenvalue weighted by atomic mass is 19.4. The second kappa shape index (κ2) is 13.3. The van der Waals surface area contributed by atoms with E-state index in [1.54, 1.807) is 13.2 Å². The van der Waals surface area contributed by atoms with Gasteiger partial charge in [-0.3, -0.25) is 14.8 Å². The number of rotatable bonds is 7. The van der Waals surface area contributed by atoms with Crippen molar-refractivity contribution in [3.8, 4) is 11.1 Å². The normalized spacial score (nSPS) is 12.9. The standard InChI is InChI=1S/C25H25F3N4O2.C2H6O2/c1-16-5-6-19(31-24(33)17-7-8-29-23(13-17)25(26,27)28)14-20(16)18-12-22-21(30-15-18)4-3-9-32(22)10-11-34-2;3-1-2-4/h5-8,12-15H,3-4,9-11H2,1-2H3,(H,31,33);3-4H,1-2H2. The number of aliphatic hydroxyl groups is 2. The zero-order chi connectivity index (χ0) is 27.7. The largest absolute Gasteiger partial charge is 0.433 e. The number of alkyl halides is 3. The monoisotopic (exact) mass is 532 g/mol. The molecule has 1 aliphatic rings. The fourth-order valence-electron chi connectivity index (χ4n) is 4.03. The average molecular weight is 533 g/mol. The third kappa shape index (κ3) is 7.50. The molecule has 0 saturated carbocycles. The number of nitrogens with one attached hydrogen (secondary N) is 1. The number of carbonyl (C=O) groups excluding carboxylic acids is 1. The molecule has 0 radical (unpaired) electrons. The molecule has 0 spiro atoms. The minimum atomic E-state index is -4.62. The van der Waals surface area contributed by atoms with Gasteiger partial charge in [-0.15, -0.1) is 0 Å². The molecular formula is C27H31F3N4O4. The van der Waals surface area contributed by atoms with Gasteiger partial charge in [0.25, 0.3) is 5.91 Å². The lowest BCUT2D eigenvalue weighted by atomic mass is 9.98. The number of amides is 1. The van der Waals surface area contributed by atoms with Crippen molar-refractivity contribution in [1.82, 2.24) is 9.97 Å². The first-order valence-electron chi connectivity index (χ1n) is 12.1. The number of methoxy groups -OCH3 is 1. The Labute approximate surface area is 219 Å². The van der Waals surface area contributed by atoms with Crippen LogP contribution in [0.3, 0.4) is 0 Å². The van der Waals surface area contributed by atoms with E-state index in [0.29, 0.717) is 12.3 Å². The number of aliphatic hydroxyl groups excluding tert-OH is 2. The maximum Gasteiger partial charge on any atom is 0.433 e. The van der Waals surface area contributed by atoms with Crippen LogP contribution in [0.4, 0.5) is 24.5 Å². The molecule has 4 rings (SSSR count). The van der Waals surface area contributed by atoms with E-state index in [4.69, 9.17) is 14.9 Å². The Morgan fingerprint density at radius 3 is 2.58 bits per heavy atom. The number of hydrogen-bond donors (Lipinski definition) is 3. The van der Waals surface area contributed by atoms with Crippen molar-refractivity contribution in [2.45, 2.75) is 25.9 Å². The number of aromatic nitrogens is 2. The SMILES string of the molecule is COCCN1CCCc2ncc(-c3cc(NC(=O)c4ccnc(C(F)(F)F)c4)ccc3C)cc21.OCCO. The highest BCUT2D eigenvalue weighted by molar-refractivity contribution is 6.04. The van der Waals surface area contributed by atoms with Crippen LogP contribution < -0.4 is 10.2 Å². The number of carbonyl (C=O) groups is 1. The molecule has 0 aliphatic carbocycles. The Balaban J connectivity index is 0.000000934. The Kier molecular flexibility index (Phi) is 10.2. The number of anilines is 2. The van der Waals surface area contributed by atoms with E-state index in [0.717, 1.165) is 66.3 Å². The minimum absolute atomic E-state index is 0.117. The Bertz CT molecular complexity index is 1240. The van der Waals surface area contributed by atoms with Gasteiger partial charge in [0.15, 0.2) is 0 Å². The molecule has 3 heterocycles. The molecule has 1 aromatic carbocycles. The van der Waals surface area contributed by atoms with E-state index in [1.807, 2.05) is 25.3 Å². The summed E-state index contributed by atoms with van der Waals surface area (Å²) in [5, 5.41) is 17.9. The van der Waals surface area contributed by atoms with Crippen molar-refractivity contribution in [2.75, 3.05) is 50.2 Å². The molecule has 3 N–H and O–H groups in total. The van der Waals surface area contributed by atoms with E-state index >= 15 is 0 Å². The molecular weight excluding hydrogens is 501 g/mol. The van der Waals surface area contributed by atoms with Crippen LogP contribution >= 0.6 is 0 Å². The summed E-state index contributed by atoms with van der Waals surface area (Å²) in [6.45, 7) is 4.04. The van der Waals surface area contributed by atoms with Crippen LogP contribution in [0.5, 0.6) is 0 Å². The molecule has 0 fully saturated rings. The first-order valence-corrected chi connectivity index (χ1v) is 12.1.